The van der Waals surface area contributed by atoms with Crippen LogP contribution in [-0.2, 0) is 14.3 Å². The van der Waals surface area contributed by atoms with Crippen molar-refractivity contribution >= 4 is 34.0 Å². The Balaban J connectivity index is 2.73. The molecular weight excluding hydrogens is 394 g/mol. The Morgan fingerprint density at radius 3 is 2.60 bits per heavy atom. The van der Waals surface area contributed by atoms with Crippen molar-refractivity contribution in [1.29, 1.82) is 0 Å². The lowest BCUT2D eigenvalue weighted by molar-refractivity contribution is -0.139. The van der Waals surface area contributed by atoms with Crippen LogP contribution in [0.3, 0.4) is 0 Å². The predicted molar refractivity (Wildman–Crippen MR) is 97.1 cm³/mol. The zero-order valence-electron chi connectivity index (χ0n) is 14.6. The average Bonchev–Trinajstić information content (AvgIpc) is 2.56. The molecule has 0 fully saturated rings. The van der Waals surface area contributed by atoms with Crippen LogP contribution in [0.25, 0.3) is 0 Å². The quantitative estimate of drug-likeness (QED) is 0.289. The van der Waals surface area contributed by atoms with E-state index in [4.69, 9.17) is 14.2 Å². The monoisotopic (exact) mass is 415 g/mol. The van der Waals surface area contributed by atoms with E-state index in [9.17, 15) is 9.59 Å². The lowest BCUT2D eigenvalue weighted by Crippen LogP contribution is -2.39. The maximum Gasteiger partial charge on any atom is 0.329 e. The molecule has 0 aliphatic carbocycles. The van der Waals surface area contributed by atoms with Gasteiger partial charge in [-0.15, -0.1) is 0 Å². The van der Waals surface area contributed by atoms with Gasteiger partial charge < -0.3 is 19.5 Å². The number of nitrogens with zero attached hydrogens (tertiary/aromatic N) is 1. The minimum absolute atomic E-state index is 0.0133. The number of ether oxygens (including phenoxy) is 3. The fourth-order valence-corrected chi connectivity index (χ4v) is 2.28. The summed E-state index contributed by atoms with van der Waals surface area (Å²) in [7, 11) is 3.03. The van der Waals surface area contributed by atoms with E-state index in [-0.39, 0.29) is 12.6 Å². The van der Waals surface area contributed by atoms with Crippen molar-refractivity contribution < 1.29 is 23.8 Å². The highest BCUT2D eigenvalue weighted by atomic mass is 79.9. The van der Waals surface area contributed by atoms with Crippen LogP contribution in [0, 0.1) is 0 Å². The number of carbonyl (C=O) groups is 2. The van der Waals surface area contributed by atoms with E-state index in [2.05, 4.69) is 31.8 Å². The first-order valence-electron chi connectivity index (χ1n) is 7.53. The van der Waals surface area contributed by atoms with Crippen LogP contribution >= 0.6 is 15.9 Å². The first kappa shape index (κ1) is 20.9. The summed E-state index contributed by atoms with van der Waals surface area (Å²) in [4.78, 5) is 23.0. The zero-order valence-corrected chi connectivity index (χ0v) is 16.2. The summed E-state index contributed by atoms with van der Waals surface area (Å²) in [5.74, 6) is -0.545. The highest BCUT2D eigenvalue weighted by Gasteiger charge is 2.13. The molecule has 0 radical (unpaired) electrons. The third-order valence-electron chi connectivity index (χ3n) is 2.78. The lowest BCUT2D eigenvalue weighted by Gasteiger charge is -2.15. The van der Waals surface area contributed by atoms with Gasteiger partial charge in [-0.05, 0) is 47.5 Å². The molecule has 0 saturated carbocycles. The normalized spacial score (nSPS) is 10.8. The van der Waals surface area contributed by atoms with Gasteiger partial charge in [0.1, 0.15) is 0 Å². The first-order valence-corrected chi connectivity index (χ1v) is 8.32. The summed E-state index contributed by atoms with van der Waals surface area (Å²) in [6.07, 6.45) is 1.38. The summed E-state index contributed by atoms with van der Waals surface area (Å²) in [5.41, 5.74) is 2.80. The molecular formula is C16H22BrN3O5. The molecule has 9 heteroatoms. The Kier molecular flexibility index (Phi) is 8.93. The van der Waals surface area contributed by atoms with Gasteiger partial charge in [0.2, 0.25) is 0 Å². The standard InChI is InChI=1S/C16H22BrN3O5/c1-10(2)25-14-12(17)7-11(8-13(14)24-4)9-19-20-16(22)15(21)18-5-6-23-3/h7-10H,5-6H2,1-4H3,(H,18,21)(H,20,22)/b19-9-. The number of nitrogens with one attached hydrogen (secondary N) is 2. The molecule has 0 aliphatic heterocycles. The molecule has 0 saturated heterocycles. The van der Waals surface area contributed by atoms with Crippen LogP contribution in [0.1, 0.15) is 19.4 Å². The largest absolute Gasteiger partial charge is 0.493 e. The van der Waals surface area contributed by atoms with Crippen molar-refractivity contribution in [2.24, 2.45) is 5.10 Å². The molecule has 0 unspecified atom stereocenters. The molecule has 2 N–H and O–H groups in total. The van der Waals surface area contributed by atoms with Crippen molar-refractivity contribution in [2.45, 2.75) is 20.0 Å². The van der Waals surface area contributed by atoms with Gasteiger partial charge in [0, 0.05) is 13.7 Å². The highest BCUT2D eigenvalue weighted by molar-refractivity contribution is 9.10. The Morgan fingerprint density at radius 1 is 1.28 bits per heavy atom. The molecule has 0 aliphatic rings. The van der Waals surface area contributed by atoms with Crippen LogP contribution in [0.5, 0.6) is 11.5 Å². The second-order valence-electron chi connectivity index (χ2n) is 5.15. The first-order chi connectivity index (χ1) is 11.9. The van der Waals surface area contributed by atoms with E-state index in [0.717, 1.165) is 0 Å². The van der Waals surface area contributed by atoms with Crippen LogP contribution in [-0.4, -0.2) is 51.5 Å². The second-order valence-corrected chi connectivity index (χ2v) is 6.00. The molecule has 0 aromatic heterocycles. The molecule has 0 heterocycles. The van der Waals surface area contributed by atoms with Gasteiger partial charge in [-0.2, -0.15) is 5.10 Å². The van der Waals surface area contributed by atoms with E-state index in [1.165, 1.54) is 20.4 Å². The number of carbonyl (C=O) groups excluding carboxylic acids is 2. The van der Waals surface area contributed by atoms with Gasteiger partial charge in [-0.1, -0.05) is 0 Å². The molecule has 8 nitrogen and oxygen atoms in total. The third-order valence-corrected chi connectivity index (χ3v) is 3.37. The number of benzene rings is 1. The van der Waals surface area contributed by atoms with Crippen LogP contribution in [0.15, 0.2) is 21.7 Å². The van der Waals surface area contributed by atoms with Gasteiger partial charge in [-0.3, -0.25) is 9.59 Å². The van der Waals surface area contributed by atoms with E-state index < -0.39 is 11.8 Å². The Labute approximate surface area is 155 Å². The number of rotatable bonds is 8. The molecule has 0 bridgehead atoms. The van der Waals surface area contributed by atoms with Crippen LogP contribution < -0.4 is 20.2 Å². The van der Waals surface area contributed by atoms with Crippen LogP contribution in [0.2, 0.25) is 0 Å². The molecule has 1 aromatic rings. The molecule has 1 aromatic carbocycles. The fraction of sp³-hybridized carbons (Fsp3) is 0.438. The summed E-state index contributed by atoms with van der Waals surface area (Å²) < 4.78 is 16.5. The fourth-order valence-electron chi connectivity index (χ4n) is 1.73. The average molecular weight is 416 g/mol. The SMILES string of the molecule is COCCNC(=O)C(=O)N/N=C\c1cc(Br)c(OC(C)C)c(OC)c1. The van der Waals surface area contributed by atoms with Gasteiger partial charge >= 0.3 is 11.8 Å². The molecule has 0 spiro atoms. The molecule has 0 atom stereocenters. The third kappa shape index (κ3) is 7.10. The van der Waals surface area contributed by atoms with E-state index in [1.54, 1.807) is 12.1 Å². The van der Waals surface area contributed by atoms with Crippen molar-refractivity contribution in [1.82, 2.24) is 10.7 Å². The van der Waals surface area contributed by atoms with Gasteiger partial charge in [0.05, 0.1) is 30.5 Å². The van der Waals surface area contributed by atoms with Crippen molar-refractivity contribution in [3.05, 3.63) is 22.2 Å². The summed E-state index contributed by atoms with van der Waals surface area (Å²) in [6, 6.07) is 3.46. The van der Waals surface area contributed by atoms with E-state index in [1.807, 2.05) is 13.8 Å². The number of amides is 2. The van der Waals surface area contributed by atoms with Crippen molar-refractivity contribution in [3.8, 4) is 11.5 Å². The molecule has 2 amide bonds. The molecule has 1 rings (SSSR count). The minimum atomic E-state index is -0.863. The Hall–Kier alpha value is -2.13. The molecule has 138 valence electrons. The maximum absolute atomic E-state index is 11.6. The highest BCUT2D eigenvalue weighted by Crippen LogP contribution is 2.36. The number of methoxy groups -OCH3 is 2. The smallest absolute Gasteiger partial charge is 0.329 e. The minimum Gasteiger partial charge on any atom is -0.493 e. The summed E-state index contributed by atoms with van der Waals surface area (Å²) >= 11 is 3.42. The molecule has 25 heavy (non-hydrogen) atoms. The van der Waals surface area contributed by atoms with Gasteiger partial charge in [-0.25, -0.2) is 5.43 Å². The van der Waals surface area contributed by atoms with Crippen LogP contribution in [0.4, 0.5) is 0 Å². The maximum atomic E-state index is 11.6. The van der Waals surface area contributed by atoms with Crippen molar-refractivity contribution in [3.63, 3.8) is 0 Å². The summed E-state index contributed by atoms with van der Waals surface area (Å²) in [6.45, 7) is 4.39. The van der Waals surface area contributed by atoms with Gasteiger partial charge in [0.15, 0.2) is 11.5 Å². The zero-order chi connectivity index (χ0) is 18.8. The number of hydrazone groups is 1. The second kappa shape index (κ2) is 10.7. The number of halogens is 1. The van der Waals surface area contributed by atoms with Gasteiger partial charge in [0.25, 0.3) is 0 Å². The van der Waals surface area contributed by atoms with Crippen molar-refractivity contribution in [2.75, 3.05) is 27.4 Å². The summed E-state index contributed by atoms with van der Waals surface area (Å²) in [5, 5.41) is 6.16. The number of hydrogen-bond acceptors (Lipinski definition) is 6. The van der Waals surface area contributed by atoms with E-state index in [0.29, 0.717) is 28.1 Å². The Morgan fingerprint density at radius 2 is 2.00 bits per heavy atom. The van der Waals surface area contributed by atoms with E-state index >= 15 is 0 Å². The topological polar surface area (TPSA) is 98.2 Å². The Bertz CT molecular complexity index is 634. The lowest BCUT2D eigenvalue weighted by atomic mass is 10.2. The predicted octanol–water partition coefficient (Wildman–Crippen LogP) is 1.46. The number of hydrogen-bond donors (Lipinski definition) is 2.